The van der Waals surface area contributed by atoms with Gasteiger partial charge in [-0.05, 0) is 36.6 Å². The second kappa shape index (κ2) is 9.08. The van der Waals surface area contributed by atoms with Crippen molar-refractivity contribution in [2.75, 3.05) is 38.2 Å². The molecule has 0 atom stereocenters. The molecular formula is C27H33N3O3. The van der Waals surface area contributed by atoms with Gasteiger partial charge in [0.2, 0.25) is 5.91 Å². The molecular weight excluding hydrogens is 414 g/mol. The normalized spacial score (nSPS) is 20.0. The Morgan fingerprint density at radius 2 is 1.73 bits per heavy atom. The fourth-order valence-corrected chi connectivity index (χ4v) is 5.80. The van der Waals surface area contributed by atoms with Crippen molar-refractivity contribution in [3.8, 4) is 5.75 Å². The molecule has 2 aromatic carbocycles. The summed E-state index contributed by atoms with van der Waals surface area (Å²) in [6.45, 7) is 3.66. The topological polar surface area (TPSA) is 53.1 Å². The maximum Gasteiger partial charge on any atom is 0.254 e. The molecule has 1 saturated carbocycles. The van der Waals surface area contributed by atoms with Gasteiger partial charge in [-0.2, -0.15) is 0 Å². The molecule has 2 aliphatic heterocycles. The molecule has 3 aliphatic rings. The van der Waals surface area contributed by atoms with Crippen LogP contribution in [0, 0.1) is 0 Å². The average molecular weight is 448 g/mol. The maximum atomic E-state index is 13.5. The number of ether oxygens (including phenoxy) is 1. The molecule has 0 aromatic heterocycles. The largest absolute Gasteiger partial charge is 0.497 e. The minimum atomic E-state index is -0.352. The molecule has 2 heterocycles. The highest BCUT2D eigenvalue weighted by molar-refractivity contribution is 5.99. The number of fused-ring (bicyclic) bond motifs is 1. The molecule has 6 nitrogen and oxygen atoms in total. The van der Waals surface area contributed by atoms with Gasteiger partial charge in [-0.1, -0.05) is 43.5 Å². The number of piperazine rings is 1. The number of hydrogen-bond acceptors (Lipinski definition) is 4. The number of benzene rings is 2. The summed E-state index contributed by atoms with van der Waals surface area (Å²) in [7, 11) is 1.68. The van der Waals surface area contributed by atoms with Gasteiger partial charge in [0, 0.05) is 50.0 Å². The van der Waals surface area contributed by atoms with Gasteiger partial charge in [0.25, 0.3) is 5.91 Å². The van der Waals surface area contributed by atoms with Crippen LogP contribution < -0.4 is 9.64 Å². The first-order chi connectivity index (χ1) is 16.1. The smallest absolute Gasteiger partial charge is 0.254 e. The molecule has 2 aromatic rings. The molecule has 6 heteroatoms. The van der Waals surface area contributed by atoms with Crippen molar-refractivity contribution in [3.63, 3.8) is 0 Å². The van der Waals surface area contributed by atoms with Crippen LogP contribution in [0.3, 0.4) is 0 Å². The van der Waals surface area contributed by atoms with Crippen LogP contribution in [0.5, 0.6) is 5.75 Å². The Balaban J connectivity index is 1.27. The molecule has 5 rings (SSSR count). The number of rotatable bonds is 5. The lowest BCUT2D eigenvalue weighted by molar-refractivity contribution is -0.135. The monoisotopic (exact) mass is 447 g/mol. The molecule has 2 fully saturated rings. The fourth-order valence-electron chi connectivity index (χ4n) is 5.80. The Morgan fingerprint density at radius 1 is 0.970 bits per heavy atom. The lowest BCUT2D eigenvalue weighted by atomic mass is 9.77. The predicted molar refractivity (Wildman–Crippen MR) is 129 cm³/mol. The minimum Gasteiger partial charge on any atom is -0.497 e. The maximum absolute atomic E-state index is 13.5. The first-order valence-corrected chi connectivity index (χ1v) is 12.2. The van der Waals surface area contributed by atoms with Gasteiger partial charge in [0.05, 0.1) is 19.1 Å². The zero-order valence-corrected chi connectivity index (χ0v) is 19.5. The molecule has 0 radical (unpaired) electrons. The highest BCUT2D eigenvalue weighted by atomic mass is 16.5. The van der Waals surface area contributed by atoms with Crippen molar-refractivity contribution in [2.45, 2.75) is 50.6 Å². The van der Waals surface area contributed by atoms with E-state index in [1.54, 1.807) is 7.11 Å². The highest BCUT2D eigenvalue weighted by Gasteiger charge is 2.46. The van der Waals surface area contributed by atoms with E-state index in [2.05, 4.69) is 11.0 Å². The third kappa shape index (κ3) is 4.19. The number of carbonyl (C=O) groups is 2. The Morgan fingerprint density at radius 3 is 2.45 bits per heavy atom. The van der Waals surface area contributed by atoms with E-state index in [0.717, 1.165) is 61.3 Å². The van der Waals surface area contributed by atoms with Crippen LogP contribution in [0.1, 0.15) is 54.4 Å². The van der Waals surface area contributed by atoms with Gasteiger partial charge >= 0.3 is 0 Å². The Labute approximate surface area is 196 Å². The summed E-state index contributed by atoms with van der Waals surface area (Å²) in [5.41, 5.74) is 2.68. The number of anilines is 1. The number of carbonyl (C=O) groups excluding carboxylic acids is 2. The van der Waals surface area contributed by atoms with Gasteiger partial charge in [0.15, 0.2) is 0 Å². The fraction of sp³-hybridized carbons (Fsp3) is 0.481. The van der Waals surface area contributed by atoms with Crippen molar-refractivity contribution < 1.29 is 14.3 Å². The van der Waals surface area contributed by atoms with Gasteiger partial charge in [-0.15, -0.1) is 0 Å². The van der Waals surface area contributed by atoms with Gasteiger partial charge < -0.3 is 19.4 Å². The summed E-state index contributed by atoms with van der Waals surface area (Å²) in [5.74, 6) is 1.13. The lowest BCUT2D eigenvalue weighted by Crippen LogP contribution is -2.55. The molecule has 0 N–H and O–H groups in total. The molecule has 0 unspecified atom stereocenters. The van der Waals surface area contributed by atoms with E-state index in [1.165, 1.54) is 6.42 Å². The third-order valence-electron chi connectivity index (χ3n) is 7.71. The summed E-state index contributed by atoms with van der Waals surface area (Å²) in [6.07, 6.45) is 5.62. The minimum absolute atomic E-state index is 0.100. The van der Waals surface area contributed by atoms with Crippen LogP contribution in [-0.4, -0.2) is 60.4 Å². The molecule has 0 bridgehead atoms. The van der Waals surface area contributed by atoms with Crippen LogP contribution in [0.15, 0.2) is 48.5 Å². The summed E-state index contributed by atoms with van der Waals surface area (Å²) in [4.78, 5) is 33.1. The zero-order chi connectivity index (χ0) is 22.8. The van der Waals surface area contributed by atoms with E-state index in [4.69, 9.17) is 4.74 Å². The Kier molecular flexibility index (Phi) is 6.00. The van der Waals surface area contributed by atoms with Crippen LogP contribution in [0.4, 0.5) is 5.69 Å². The van der Waals surface area contributed by atoms with Crippen molar-refractivity contribution in [2.24, 2.45) is 0 Å². The second-order valence-corrected chi connectivity index (χ2v) is 9.58. The van der Waals surface area contributed by atoms with E-state index >= 15 is 0 Å². The number of hydrogen-bond donors (Lipinski definition) is 0. The molecule has 2 amide bonds. The van der Waals surface area contributed by atoms with Gasteiger partial charge in [-0.3, -0.25) is 9.59 Å². The Hall–Kier alpha value is -3.02. The molecule has 1 saturated heterocycles. The summed E-state index contributed by atoms with van der Waals surface area (Å²) in [6, 6.07) is 16.0. The van der Waals surface area contributed by atoms with Crippen LogP contribution in [0.2, 0.25) is 0 Å². The second-order valence-electron chi connectivity index (χ2n) is 9.58. The Bertz CT molecular complexity index is 1020. The first-order valence-electron chi connectivity index (χ1n) is 12.2. The van der Waals surface area contributed by atoms with Crippen LogP contribution in [-0.2, 0) is 11.3 Å². The predicted octanol–water partition coefficient (Wildman–Crippen LogP) is 4.09. The number of amides is 2. The quantitative estimate of drug-likeness (QED) is 0.693. The number of methoxy groups -OCH3 is 1. The van der Waals surface area contributed by atoms with Crippen LogP contribution in [0.25, 0.3) is 0 Å². The summed E-state index contributed by atoms with van der Waals surface area (Å²) >= 11 is 0. The van der Waals surface area contributed by atoms with Gasteiger partial charge in [0.1, 0.15) is 5.75 Å². The van der Waals surface area contributed by atoms with Crippen LogP contribution >= 0.6 is 0 Å². The van der Waals surface area contributed by atoms with E-state index in [9.17, 15) is 9.59 Å². The molecule has 174 valence electrons. The van der Waals surface area contributed by atoms with Crippen molar-refractivity contribution in [1.82, 2.24) is 9.80 Å². The standard InChI is InChI=1S/C27H33N3O3/c1-33-23-10-7-9-22(18-23)28-14-16-29(17-15-28)25(31)19-27(12-5-2-6-13-27)30-20-21-8-3-4-11-24(21)26(30)32/h3-4,7-11,18H,2,5-6,12-17,19-20H2,1H3. The van der Waals surface area contributed by atoms with E-state index < -0.39 is 0 Å². The molecule has 1 aliphatic carbocycles. The highest BCUT2D eigenvalue weighted by Crippen LogP contribution is 2.41. The van der Waals surface area contributed by atoms with E-state index in [-0.39, 0.29) is 17.4 Å². The third-order valence-corrected chi connectivity index (χ3v) is 7.71. The van der Waals surface area contributed by atoms with E-state index in [0.29, 0.717) is 26.1 Å². The first kappa shape index (κ1) is 21.8. The summed E-state index contributed by atoms with van der Waals surface area (Å²) in [5, 5.41) is 0. The lowest BCUT2D eigenvalue weighted by Gasteiger charge is -2.46. The van der Waals surface area contributed by atoms with Crippen molar-refractivity contribution in [1.29, 1.82) is 0 Å². The van der Waals surface area contributed by atoms with Gasteiger partial charge in [-0.25, -0.2) is 0 Å². The van der Waals surface area contributed by atoms with E-state index in [1.807, 2.05) is 52.3 Å². The van der Waals surface area contributed by atoms with Crippen molar-refractivity contribution >= 4 is 17.5 Å². The van der Waals surface area contributed by atoms with Crippen molar-refractivity contribution in [3.05, 3.63) is 59.7 Å². The molecule has 0 spiro atoms. The zero-order valence-electron chi connectivity index (χ0n) is 19.5. The summed E-state index contributed by atoms with van der Waals surface area (Å²) < 4.78 is 5.36. The number of nitrogens with zero attached hydrogens (tertiary/aromatic N) is 3. The SMILES string of the molecule is COc1cccc(N2CCN(C(=O)CC3(N4Cc5ccccc5C4=O)CCCCC3)CC2)c1. The molecule has 33 heavy (non-hydrogen) atoms. The average Bonchev–Trinajstić information content (AvgIpc) is 3.22.